The SMILES string of the molecule is COC=Cc1cccc2c1=c1ccccc1=2. The van der Waals surface area contributed by atoms with Crippen LogP contribution >= 0.6 is 0 Å². The molecular weight excluding hydrogens is 196 g/mol. The van der Waals surface area contributed by atoms with Crippen LogP contribution in [0, 0.1) is 20.9 Å². The highest BCUT2D eigenvalue weighted by atomic mass is 16.5. The Bertz CT molecular complexity index is 742. The Kier molecular flexibility index (Phi) is 2.03. The maximum absolute atomic E-state index is 4.97. The molecule has 3 rings (SSSR count). The van der Waals surface area contributed by atoms with Gasteiger partial charge >= 0.3 is 0 Å². The van der Waals surface area contributed by atoms with Crippen molar-refractivity contribution >= 4 is 6.08 Å². The van der Waals surface area contributed by atoms with E-state index in [0.29, 0.717) is 0 Å². The molecule has 1 aliphatic carbocycles. The molecular formula is C15H12O. The number of benzene rings is 2. The maximum Gasteiger partial charge on any atom is 0.0830 e. The third-order valence-corrected chi connectivity index (χ3v) is 2.97. The monoisotopic (exact) mass is 208 g/mol. The Hall–Kier alpha value is -2.02. The fourth-order valence-electron chi connectivity index (χ4n) is 2.25. The molecule has 78 valence electrons. The van der Waals surface area contributed by atoms with E-state index in [2.05, 4.69) is 42.5 Å². The quantitative estimate of drug-likeness (QED) is 0.588. The summed E-state index contributed by atoms with van der Waals surface area (Å²) < 4.78 is 4.97. The van der Waals surface area contributed by atoms with Crippen LogP contribution in [0.4, 0.5) is 0 Å². The van der Waals surface area contributed by atoms with Gasteiger partial charge in [-0.25, -0.2) is 0 Å². The molecule has 1 aliphatic rings. The molecule has 0 aliphatic heterocycles. The minimum Gasteiger partial charge on any atom is -0.504 e. The molecule has 16 heavy (non-hydrogen) atoms. The number of hydrogen-bond donors (Lipinski definition) is 0. The average molecular weight is 208 g/mol. The first-order valence-electron chi connectivity index (χ1n) is 5.34. The molecule has 0 N–H and O–H groups in total. The van der Waals surface area contributed by atoms with E-state index in [1.807, 2.05) is 6.08 Å². The van der Waals surface area contributed by atoms with Crippen LogP contribution in [0.3, 0.4) is 0 Å². The number of ether oxygens (including phenoxy) is 1. The molecule has 0 saturated heterocycles. The lowest BCUT2D eigenvalue weighted by molar-refractivity contribution is 0.341. The zero-order valence-electron chi connectivity index (χ0n) is 9.10. The number of hydrogen-bond acceptors (Lipinski definition) is 1. The molecule has 1 nitrogen and oxygen atoms in total. The largest absolute Gasteiger partial charge is 0.504 e. The molecule has 0 saturated carbocycles. The fourth-order valence-corrected chi connectivity index (χ4v) is 2.25. The van der Waals surface area contributed by atoms with E-state index in [0.717, 1.165) is 0 Å². The number of methoxy groups -OCH3 is 1. The van der Waals surface area contributed by atoms with Crippen LogP contribution < -0.4 is 0 Å². The third kappa shape index (κ3) is 1.18. The van der Waals surface area contributed by atoms with Gasteiger partial charge < -0.3 is 4.74 Å². The minimum atomic E-state index is 1.22. The van der Waals surface area contributed by atoms with Gasteiger partial charge in [0.15, 0.2) is 0 Å². The molecule has 1 heteroatoms. The first kappa shape index (κ1) is 9.22. The van der Waals surface area contributed by atoms with Crippen LogP contribution in [0.5, 0.6) is 0 Å². The lowest BCUT2D eigenvalue weighted by atomic mass is 9.97. The van der Waals surface area contributed by atoms with Crippen molar-refractivity contribution in [1.82, 2.24) is 0 Å². The predicted octanol–water partition coefficient (Wildman–Crippen LogP) is 3.19. The van der Waals surface area contributed by atoms with E-state index < -0.39 is 0 Å². The zero-order valence-corrected chi connectivity index (χ0v) is 9.10. The predicted molar refractivity (Wildman–Crippen MR) is 64.3 cm³/mol. The minimum absolute atomic E-state index is 1.22. The van der Waals surface area contributed by atoms with Crippen molar-refractivity contribution in [3.63, 3.8) is 0 Å². The molecule has 0 heterocycles. The van der Waals surface area contributed by atoms with Crippen LogP contribution in [-0.2, 0) is 4.74 Å². The van der Waals surface area contributed by atoms with Crippen molar-refractivity contribution in [3.8, 4) is 0 Å². The summed E-state index contributed by atoms with van der Waals surface area (Å²) in [4.78, 5) is 0. The molecule has 0 atom stereocenters. The van der Waals surface area contributed by atoms with E-state index in [1.54, 1.807) is 13.4 Å². The summed E-state index contributed by atoms with van der Waals surface area (Å²) >= 11 is 0. The Morgan fingerprint density at radius 3 is 2.44 bits per heavy atom. The number of rotatable bonds is 2. The lowest BCUT2D eigenvalue weighted by Crippen LogP contribution is -1.93. The van der Waals surface area contributed by atoms with Gasteiger partial charge in [-0.3, -0.25) is 0 Å². The molecule has 0 amide bonds. The summed E-state index contributed by atoms with van der Waals surface area (Å²) in [5.74, 6) is 0. The summed E-state index contributed by atoms with van der Waals surface area (Å²) in [6.07, 6.45) is 3.73. The maximum atomic E-state index is 4.97. The van der Waals surface area contributed by atoms with E-state index in [1.165, 1.54) is 26.4 Å². The molecule has 0 fully saturated rings. The summed E-state index contributed by atoms with van der Waals surface area (Å²) in [5.41, 5.74) is 1.22. The Morgan fingerprint density at radius 1 is 0.875 bits per heavy atom. The summed E-state index contributed by atoms with van der Waals surface area (Å²) in [6, 6.07) is 14.9. The van der Waals surface area contributed by atoms with Crippen LogP contribution in [-0.4, -0.2) is 7.11 Å². The lowest BCUT2D eigenvalue weighted by Gasteiger charge is -2.06. The van der Waals surface area contributed by atoms with Crippen LogP contribution in [0.1, 0.15) is 5.56 Å². The smallest absolute Gasteiger partial charge is 0.0830 e. The Morgan fingerprint density at radius 2 is 1.62 bits per heavy atom. The third-order valence-electron chi connectivity index (χ3n) is 2.97. The average Bonchev–Trinajstić information content (AvgIpc) is 2.33. The van der Waals surface area contributed by atoms with Gasteiger partial charge in [0.1, 0.15) is 0 Å². The van der Waals surface area contributed by atoms with Gasteiger partial charge in [-0.15, -0.1) is 0 Å². The second-order valence-electron chi connectivity index (χ2n) is 3.85. The van der Waals surface area contributed by atoms with Gasteiger partial charge in [0.05, 0.1) is 13.4 Å². The Balaban J connectivity index is 2.39. The summed E-state index contributed by atoms with van der Waals surface area (Å²) in [7, 11) is 1.67. The van der Waals surface area contributed by atoms with Crippen molar-refractivity contribution in [3.05, 3.63) is 75.2 Å². The number of fused-ring (bicyclic) bond motifs is 2. The second kappa shape index (κ2) is 3.53. The second-order valence-corrected chi connectivity index (χ2v) is 3.85. The van der Waals surface area contributed by atoms with Crippen molar-refractivity contribution < 1.29 is 4.74 Å². The molecule has 0 radical (unpaired) electrons. The first-order valence-corrected chi connectivity index (χ1v) is 5.34. The molecule has 2 aromatic carbocycles. The van der Waals surface area contributed by atoms with E-state index >= 15 is 0 Å². The highest BCUT2D eigenvalue weighted by Crippen LogP contribution is 2.17. The molecule has 0 aromatic heterocycles. The van der Waals surface area contributed by atoms with Crippen LogP contribution in [0.15, 0.2) is 48.7 Å². The normalized spacial score (nSPS) is 11.8. The summed E-state index contributed by atoms with van der Waals surface area (Å²) in [6.45, 7) is 0. The molecule has 0 spiro atoms. The van der Waals surface area contributed by atoms with Gasteiger partial charge in [-0.05, 0) is 32.5 Å². The molecule has 2 aromatic rings. The van der Waals surface area contributed by atoms with Crippen molar-refractivity contribution in [1.29, 1.82) is 0 Å². The van der Waals surface area contributed by atoms with Crippen molar-refractivity contribution in [2.24, 2.45) is 0 Å². The summed E-state index contributed by atoms with van der Waals surface area (Å²) in [5, 5.41) is 5.37. The highest BCUT2D eigenvalue weighted by Gasteiger charge is 2.03. The van der Waals surface area contributed by atoms with Gasteiger partial charge in [0.25, 0.3) is 0 Å². The van der Waals surface area contributed by atoms with E-state index in [-0.39, 0.29) is 0 Å². The van der Waals surface area contributed by atoms with Gasteiger partial charge in [-0.1, -0.05) is 42.5 Å². The Labute approximate surface area is 93.6 Å². The van der Waals surface area contributed by atoms with Gasteiger partial charge in [0.2, 0.25) is 0 Å². The fraction of sp³-hybridized carbons (Fsp3) is 0.0667. The van der Waals surface area contributed by atoms with E-state index in [9.17, 15) is 0 Å². The zero-order chi connectivity index (χ0) is 11.0. The van der Waals surface area contributed by atoms with Crippen LogP contribution in [0.2, 0.25) is 0 Å². The first-order chi connectivity index (χ1) is 7.92. The highest BCUT2D eigenvalue weighted by molar-refractivity contribution is 5.52. The van der Waals surface area contributed by atoms with Crippen molar-refractivity contribution in [2.75, 3.05) is 7.11 Å². The molecule has 0 unspecified atom stereocenters. The van der Waals surface area contributed by atoms with Crippen molar-refractivity contribution in [2.45, 2.75) is 0 Å². The van der Waals surface area contributed by atoms with Gasteiger partial charge in [0, 0.05) is 0 Å². The van der Waals surface area contributed by atoms with E-state index in [4.69, 9.17) is 4.74 Å². The molecule has 0 bridgehead atoms. The standard InChI is InChI=1S/C15H12O/c1-16-10-9-11-5-4-8-14-12-6-2-3-7-13(12)15(11)14/h2-10H,1H3. The van der Waals surface area contributed by atoms with Gasteiger partial charge in [-0.2, -0.15) is 0 Å². The topological polar surface area (TPSA) is 9.23 Å². The van der Waals surface area contributed by atoms with Crippen LogP contribution in [0.25, 0.3) is 6.08 Å².